The van der Waals surface area contributed by atoms with Crippen LogP contribution in [0.2, 0.25) is 5.02 Å². The first-order valence-corrected chi connectivity index (χ1v) is 18.1. The van der Waals surface area contributed by atoms with Crippen LogP contribution in [0, 0.1) is 0 Å². The highest BCUT2D eigenvalue weighted by molar-refractivity contribution is 7.99. The minimum absolute atomic E-state index is 0.0162. The van der Waals surface area contributed by atoms with Crippen molar-refractivity contribution in [1.29, 1.82) is 0 Å². The van der Waals surface area contributed by atoms with Gasteiger partial charge in [-0.3, -0.25) is 13.6 Å². The quantitative estimate of drug-likeness (QED) is 0.107. The maximum absolute atomic E-state index is 13.6. The molecule has 1 unspecified atom stereocenters. The molecule has 16 heteroatoms. The third-order valence-electron chi connectivity index (χ3n) is 6.70. The summed E-state index contributed by atoms with van der Waals surface area (Å²) >= 11 is 7.61. The number of rotatable bonds is 15. The Morgan fingerprint density at radius 2 is 1.55 bits per heavy atom. The minimum Gasteiger partial charge on any atom is -0.444 e. The van der Waals surface area contributed by atoms with Gasteiger partial charge in [-0.1, -0.05) is 49.2 Å². The molecule has 2 aromatic carbocycles. The zero-order valence-corrected chi connectivity index (χ0v) is 31.7. The molecular weight excluding hydrogens is 710 g/mol. The van der Waals surface area contributed by atoms with Gasteiger partial charge in [0.15, 0.2) is 0 Å². The van der Waals surface area contributed by atoms with E-state index in [9.17, 15) is 27.3 Å². The average molecular weight is 756 g/mol. The number of hydrogen-bond acceptors (Lipinski definition) is 10. The van der Waals surface area contributed by atoms with Crippen LogP contribution < -0.4 is 10.1 Å². The number of nitrogens with one attached hydrogen (secondary N) is 1. The molecule has 0 heterocycles. The molecule has 0 saturated heterocycles. The molecule has 2 aromatic rings. The van der Waals surface area contributed by atoms with Gasteiger partial charge in [-0.2, -0.15) is 13.2 Å². The van der Waals surface area contributed by atoms with Crippen molar-refractivity contribution in [3.8, 4) is 5.75 Å². The van der Waals surface area contributed by atoms with Crippen LogP contribution in [0.1, 0.15) is 85.3 Å². The Morgan fingerprint density at radius 1 is 0.918 bits per heavy atom. The number of carbonyl (C=O) groups excluding carboxylic acids is 2. The van der Waals surface area contributed by atoms with Crippen molar-refractivity contribution < 1.29 is 55.1 Å². The standard InChI is InChI=1S/C33H46ClF3NO9PS/c1-10-11-17-32(21-44-48(41,42-8)43-9,38-28(39)46-30(2,3)4)18-16-22-12-14-24(20-25(22)34)49-27-19-23(33(35,36)37)13-15-26(27)45-29(40)47-31(5,6)7/h12-15,19-20H,10-11,16-18,21H2,1-9H3,(H,38,39). The van der Waals surface area contributed by atoms with Gasteiger partial charge in [0, 0.05) is 24.1 Å². The number of alkyl halides is 3. The zero-order chi connectivity index (χ0) is 37.3. The largest absolute Gasteiger partial charge is 0.514 e. The van der Waals surface area contributed by atoms with Crippen molar-refractivity contribution >= 4 is 43.4 Å². The number of amides is 1. The van der Waals surface area contributed by atoms with E-state index in [0.717, 1.165) is 36.4 Å². The fourth-order valence-corrected chi connectivity index (χ4v) is 6.42. The Hall–Kier alpha value is -2.48. The summed E-state index contributed by atoms with van der Waals surface area (Å²) in [6.07, 6.45) is -3.92. The maximum atomic E-state index is 13.6. The second-order valence-corrected chi connectivity index (χ2v) is 16.6. The van der Waals surface area contributed by atoms with Crippen LogP contribution in [-0.2, 0) is 40.2 Å². The Kier molecular flexibility index (Phi) is 15.4. The highest BCUT2D eigenvalue weighted by atomic mass is 35.5. The van der Waals surface area contributed by atoms with Gasteiger partial charge in [0.2, 0.25) is 0 Å². The van der Waals surface area contributed by atoms with Gasteiger partial charge in [0.25, 0.3) is 0 Å². The highest BCUT2D eigenvalue weighted by Crippen LogP contribution is 2.49. The Morgan fingerprint density at radius 3 is 2.08 bits per heavy atom. The maximum Gasteiger partial charge on any atom is 0.514 e. The van der Waals surface area contributed by atoms with E-state index in [1.165, 1.54) is 14.2 Å². The molecule has 0 bridgehead atoms. The predicted molar refractivity (Wildman–Crippen MR) is 181 cm³/mol. The first-order chi connectivity index (χ1) is 22.5. The number of unbranched alkanes of at least 4 members (excludes halogenated alkanes) is 1. The number of carbonyl (C=O) groups is 2. The molecule has 276 valence electrons. The lowest BCUT2D eigenvalue weighted by Gasteiger charge is -2.36. The summed E-state index contributed by atoms with van der Waals surface area (Å²) in [5.74, 6) is -0.120. The molecule has 1 N–H and O–H groups in total. The third kappa shape index (κ3) is 14.7. The number of halogens is 4. The lowest BCUT2D eigenvalue weighted by Crippen LogP contribution is -2.53. The summed E-state index contributed by atoms with van der Waals surface area (Å²) in [4.78, 5) is 25.8. The number of phosphoric acid groups is 1. The molecular formula is C33H46ClF3NO9PS. The van der Waals surface area contributed by atoms with Crippen LogP contribution >= 0.6 is 31.2 Å². The number of hydrogen-bond donors (Lipinski definition) is 1. The number of ether oxygens (including phenoxy) is 3. The number of benzene rings is 2. The fraction of sp³-hybridized carbons (Fsp3) is 0.576. The minimum atomic E-state index is -4.64. The van der Waals surface area contributed by atoms with E-state index in [-0.39, 0.29) is 23.7 Å². The van der Waals surface area contributed by atoms with Crippen molar-refractivity contribution in [3.05, 3.63) is 52.5 Å². The molecule has 2 rings (SSSR count). The van der Waals surface area contributed by atoms with Crippen molar-refractivity contribution in [2.24, 2.45) is 0 Å². The highest BCUT2D eigenvalue weighted by Gasteiger charge is 2.37. The molecule has 0 aliphatic rings. The Balaban J connectivity index is 2.41. The summed E-state index contributed by atoms with van der Waals surface area (Å²) < 4.78 is 85.0. The smallest absolute Gasteiger partial charge is 0.444 e. The Bertz CT molecular complexity index is 1470. The molecule has 0 radical (unpaired) electrons. The molecule has 1 atom stereocenters. The summed E-state index contributed by atoms with van der Waals surface area (Å²) in [6, 6.07) is 7.72. The van der Waals surface area contributed by atoms with E-state index in [1.807, 2.05) is 6.92 Å². The lowest BCUT2D eigenvalue weighted by molar-refractivity contribution is -0.137. The van der Waals surface area contributed by atoms with E-state index in [2.05, 4.69) is 5.32 Å². The molecule has 10 nitrogen and oxygen atoms in total. The van der Waals surface area contributed by atoms with E-state index in [1.54, 1.807) is 59.7 Å². The molecule has 0 aliphatic carbocycles. The summed E-state index contributed by atoms with van der Waals surface area (Å²) in [5, 5.41) is 3.22. The monoisotopic (exact) mass is 755 g/mol. The molecule has 0 saturated carbocycles. The van der Waals surface area contributed by atoms with Crippen molar-refractivity contribution in [2.45, 2.75) is 113 Å². The number of alkyl carbamates (subject to hydrolysis) is 1. The fourth-order valence-electron chi connectivity index (χ4n) is 4.35. The van der Waals surface area contributed by atoms with Gasteiger partial charge in [0.05, 0.1) is 22.6 Å². The van der Waals surface area contributed by atoms with Crippen molar-refractivity contribution in [1.82, 2.24) is 5.32 Å². The van der Waals surface area contributed by atoms with Gasteiger partial charge in [-0.25, -0.2) is 14.2 Å². The van der Waals surface area contributed by atoms with Crippen LogP contribution in [0.4, 0.5) is 22.8 Å². The second-order valence-electron chi connectivity index (χ2n) is 13.2. The molecule has 0 spiro atoms. The first-order valence-electron chi connectivity index (χ1n) is 15.5. The van der Waals surface area contributed by atoms with Crippen molar-refractivity contribution in [3.63, 3.8) is 0 Å². The van der Waals surface area contributed by atoms with Crippen LogP contribution in [0.25, 0.3) is 0 Å². The summed E-state index contributed by atoms with van der Waals surface area (Å²) in [5.41, 5.74) is -3.01. The van der Waals surface area contributed by atoms with E-state index >= 15 is 0 Å². The van der Waals surface area contributed by atoms with Crippen LogP contribution in [-0.4, -0.2) is 49.8 Å². The summed E-state index contributed by atoms with van der Waals surface area (Å²) in [6.45, 7) is 11.8. The second kappa shape index (κ2) is 17.6. The average Bonchev–Trinajstić information content (AvgIpc) is 2.96. The van der Waals surface area contributed by atoms with Crippen molar-refractivity contribution in [2.75, 3.05) is 20.8 Å². The summed E-state index contributed by atoms with van der Waals surface area (Å²) in [7, 11) is -1.54. The van der Waals surface area contributed by atoms with Gasteiger partial charge >= 0.3 is 26.2 Å². The van der Waals surface area contributed by atoms with E-state index < -0.39 is 48.6 Å². The number of phosphoric ester groups is 1. The molecule has 0 aliphatic heterocycles. The normalized spacial score (nSPS) is 13.8. The molecule has 0 fully saturated rings. The van der Waals surface area contributed by atoms with E-state index in [0.29, 0.717) is 34.7 Å². The van der Waals surface area contributed by atoms with E-state index in [4.69, 9.17) is 39.4 Å². The first kappa shape index (κ1) is 42.7. The number of aryl methyl sites for hydroxylation is 1. The van der Waals surface area contributed by atoms with Crippen LogP contribution in [0.15, 0.2) is 46.2 Å². The van der Waals surface area contributed by atoms with Crippen LogP contribution in [0.5, 0.6) is 5.75 Å². The van der Waals surface area contributed by atoms with Gasteiger partial charge < -0.3 is 19.5 Å². The molecule has 49 heavy (non-hydrogen) atoms. The SMILES string of the molecule is CCCCC(CCc1ccc(Sc2cc(C(F)(F)F)ccc2OC(=O)OC(C)(C)C)cc1Cl)(COP(=O)(OC)OC)NC(=O)OC(C)(C)C. The molecule has 1 amide bonds. The lowest BCUT2D eigenvalue weighted by atomic mass is 9.87. The van der Waals surface area contributed by atoms with Gasteiger partial charge in [-0.15, -0.1) is 0 Å². The zero-order valence-electron chi connectivity index (χ0n) is 29.2. The van der Waals surface area contributed by atoms with Gasteiger partial charge in [-0.05, 0) is 96.7 Å². The molecule has 0 aromatic heterocycles. The topological polar surface area (TPSA) is 119 Å². The Labute approximate surface area is 295 Å². The van der Waals surface area contributed by atoms with Gasteiger partial charge in [0.1, 0.15) is 17.0 Å². The van der Waals surface area contributed by atoms with Crippen LogP contribution in [0.3, 0.4) is 0 Å². The predicted octanol–water partition coefficient (Wildman–Crippen LogP) is 10.6. The third-order valence-corrected chi connectivity index (χ3v) is 9.42.